The van der Waals surface area contributed by atoms with Crippen LogP contribution < -0.4 is 0 Å². The number of carbonyl (C=O) groups is 1. The third-order valence-electron chi connectivity index (χ3n) is 2.74. The Bertz CT molecular complexity index is 684. The van der Waals surface area contributed by atoms with Crippen LogP contribution in [-0.4, -0.2) is 17.0 Å². The summed E-state index contributed by atoms with van der Waals surface area (Å²) in [6, 6.07) is 9.45. The van der Waals surface area contributed by atoms with Gasteiger partial charge in [0.2, 0.25) is 0 Å². The number of ether oxygens (including phenoxy) is 1. The molecule has 0 amide bonds. The number of azo groups is 1. The van der Waals surface area contributed by atoms with Crippen molar-refractivity contribution in [2.45, 2.75) is 45.4 Å². The van der Waals surface area contributed by atoms with Crippen LogP contribution in [0.5, 0.6) is 0 Å². The first kappa shape index (κ1) is 18.8. The summed E-state index contributed by atoms with van der Waals surface area (Å²) in [7, 11) is 0. The summed E-state index contributed by atoms with van der Waals surface area (Å²) in [5.41, 5.74) is -0.0278. The standard InChI is InChI=1S/C8H5BrO2.C8H12N4/c9-6-1-2-7-5(3-6)4-11-8(7)10;1-7(2,5-9)11-12-8(3,4)6-10/h1-3H,4H2;1-4H3/b;12-11+. The van der Waals surface area contributed by atoms with Gasteiger partial charge in [0.25, 0.3) is 0 Å². The van der Waals surface area contributed by atoms with Gasteiger partial charge in [-0.1, -0.05) is 15.9 Å². The van der Waals surface area contributed by atoms with Crippen molar-refractivity contribution < 1.29 is 9.53 Å². The summed E-state index contributed by atoms with van der Waals surface area (Å²) in [6.07, 6.45) is 0. The Morgan fingerprint density at radius 1 is 1.13 bits per heavy atom. The van der Waals surface area contributed by atoms with E-state index in [2.05, 4.69) is 26.2 Å². The van der Waals surface area contributed by atoms with E-state index >= 15 is 0 Å². The lowest BCUT2D eigenvalue weighted by Crippen LogP contribution is -2.17. The van der Waals surface area contributed by atoms with Gasteiger partial charge in [-0.3, -0.25) is 0 Å². The van der Waals surface area contributed by atoms with Crippen molar-refractivity contribution in [3.05, 3.63) is 33.8 Å². The molecule has 1 aliphatic heterocycles. The van der Waals surface area contributed by atoms with Crippen LogP contribution in [-0.2, 0) is 11.3 Å². The minimum Gasteiger partial charge on any atom is -0.457 e. The molecule has 7 heteroatoms. The Morgan fingerprint density at radius 2 is 1.65 bits per heavy atom. The molecule has 0 radical (unpaired) electrons. The summed E-state index contributed by atoms with van der Waals surface area (Å²) < 4.78 is 5.80. The van der Waals surface area contributed by atoms with Gasteiger partial charge in [0, 0.05) is 10.0 Å². The molecule has 1 aliphatic rings. The van der Waals surface area contributed by atoms with Crippen molar-refractivity contribution >= 4 is 21.9 Å². The quantitative estimate of drug-likeness (QED) is 0.571. The maximum atomic E-state index is 10.9. The van der Waals surface area contributed by atoms with Crippen molar-refractivity contribution in [1.82, 2.24) is 0 Å². The van der Waals surface area contributed by atoms with Crippen molar-refractivity contribution in [2.24, 2.45) is 10.2 Å². The van der Waals surface area contributed by atoms with Crippen LogP contribution in [0.2, 0.25) is 0 Å². The SMILES string of the molecule is CC(C)(C#N)/N=N/C(C)(C)C#N.O=C1OCc2cc(Br)ccc21. The van der Waals surface area contributed by atoms with Gasteiger partial charge in [0.15, 0.2) is 11.1 Å². The minimum absolute atomic E-state index is 0.215. The fourth-order valence-corrected chi connectivity index (χ4v) is 1.81. The van der Waals surface area contributed by atoms with Gasteiger partial charge in [-0.2, -0.15) is 20.8 Å². The fourth-order valence-electron chi connectivity index (χ4n) is 1.40. The second-order valence-electron chi connectivity index (χ2n) is 5.92. The van der Waals surface area contributed by atoms with E-state index in [-0.39, 0.29) is 5.97 Å². The maximum absolute atomic E-state index is 10.9. The molecule has 0 bridgehead atoms. The highest BCUT2D eigenvalue weighted by molar-refractivity contribution is 9.10. The summed E-state index contributed by atoms with van der Waals surface area (Å²) >= 11 is 3.32. The first-order chi connectivity index (χ1) is 10.6. The van der Waals surface area contributed by atoms with Crippen LogP contribution >= 0.6 is 15.9 Å². The molecular weight excluding hydrogens is 360 g/mol. The molecule has 0 spiro atoms. The number of rotatable bonds is 2. The van der Waals surface area contributed by atoms with Crippen molar-refractivity contribution in [2.75, 3.05) is 0 Å². The molecule has 0 N–H and O–H groups in total. The van der Waals surface area contributed by atoms with E-state index in [4.69, 9.17) is 15.3 Å². The summed E-state index contributed by atoms with van der Waals surface area (Å²) in [6.45, 7) is 6.98. The van der Waals surface area contributed by atoms with E-state index in [9.17, 15) is 4.79 Å². The maximum Gasteiger partial charge on any atom is 0.338 e. The number of esters is 1. The molecule has 0 atom stereocenters. The predicted octanol–water partition coefficient (Wildman–Crippen LogP) is 4.16. The number of cyclic esters (lactones) is 1. The van der Waals surface area contributed by atoms with Gasteiger partial charge in [0.1, 0.15) is 6.61 Å². The van der Waals surface area contributed by atoms with Gasteiger partial charge >= 0.3 is 5.97 Å². The minimum atomic E-state index is -0.839. The van der Waals surface area contributed by atoms with Crippen LogP contribution in [0.25, 0.3) is 0 Å². The Kier molecular flexibility index (Phi) is 6.00. The van der Waals surface area contributed by atoms with Crippen molar-refractivity contribution in [3.8, 4) is 12.1 Å². The normalized spacial score (nSPS) is 13.4. The highest BCUT2D eigenvalue weighted by Crippen LogP contribution is 2.23. The molecule has 23 heavy (non-hydrogen) atoms. The highest BCUT2D eigenvalue weighted by Gasteiger charge is 2.20. The van der Waals surface area contributed by atoms with Crippen LogP contribution in [0.4, 0.5) is 0 Å². The topological polar surface area (TPSA) is 98.6 Å². The monoisotopic (exact) mass is 376 g/mol. The third-order valence-corrected chi connectivity index (χ3v) is 3.24. The van der Waals surface area contributed by atoms with E-state index in [1.807, 2.05) is 24.3 Å². The lowest BCUT2D eigenvalue weighted by molar-refractivity contribution is 0.0535. The predicted molar refractivity (Wildman–Crippen MR) is 87.5 cm³/mol. The number of nitriles is 2. The van der Waals surface area contributed by atoms with E-state index in [0.29, 0.717) is 12.2 Å². The van der Waals surface area contributed by atoms with Crippen LogP contribution in [0.15, 0.2) is 32.9 Å². The zero-order chi connectivity index (χ0) is 17.7. The molecule has 2 rings (SSSR count). The molecular formula is C16H17BrN4O2. The molecule has 1 aromatic rings. The van der Waals surface area contributed by atoms with Crippen molar-refractivity contribution in [3.63, 3.8) is 0 Å². The lowest BCUT2D eigenvalue weighted by Gasteiger charge is -2.11. The summed E-state index contributed by atoms with van der Waals surface area (Å²) in [4.78, 5) is 10.9. The van der Waals surface area contributed by atoms with Crippen molar-refractivity contribution in [1.29, 1.82) is 10.5 Å². The van der Waals surface area contributed by atoms with Gasteiger partial charge < -0.3 is 4.74 Å². The van der Waals surface area contributed by atoms with Crippen LogP contribution in [0.1, 0.15) is 43.6 Å². The number of hydrogen-bond donors (Lipinski definition) is 0. The number of nitrogens with zero attached hydrogens (tertiary/aromatic N) is 4. The summed E-state index contributed by atoms with van der Waals surface area (Å²) in [5.74, 6) is -0.215. The average Bonchev–Trinajstić information content (AvgIpc) is 2.87. The molecule has 0 unspecified atom stereocenters. The molecule has 0 saturated heterocycles. The number of hydrogen-bond acceptors (Lipinski definition) is 6. The van der Waals surface area contributed by atoms with Gasteiger partial charge in [-0.05, 0) is 45.9 Å². The van der Waals surface area contributed by atoms with E-state index in [0.717, 1.165) is 10.0 Å². The van der Waals surface area contributed by atoms with Crippen LogP contribution in [0, 0.1) is 22.7 Å². The Labute approximate surface area is 143 Å². The number of carbonyl (C=O) groups excluding carboxylic acids is 1. The van der Waals surface area contributed by atoms with Gasteiger partial charge in [-0.25, -0.2) is 4.79 Å². The van der Waals surface area contributed by atoms with E-state index < -0.39 is 11.1 Å². The molecule has 0 saturated carbocycles. The zero-order valence-electron chi connectivity index (χ0n) is 13.4. The molecule has 0 fully saturated rings. The van der Waals surface area contributed by atoms with E-state index in [1.165, 1.54) is 0 Å². The van der Waals surface area contributed by atoms with Gasteiger partial charge in [-0.15, -0.1) is 0 Å². The number of fused-ring (bicyclic) bond motifs is 1. The second kappa shape index (κ2) is 7.34. The smallest absolute Gasteiger partial charge is 0.338 e. The molecule has 1 aromatic carbocycles. The van der Waals surface area contributed by atoms with Gasteiger partial charge in [0.05, 0.1) is 17.7 Å². The molecule has 6 nitrogen and oxygen atoms in total. The van der Waals surface area contributed by atoms with E-state index in [1.54, 1.807) is 33.8 Å². The number of halogens is 1. The Hall–Kier alpha value is -2.25. The molecule has 0 aliphatic carbocycles. The average molecular weight is 377 g/mol. The zero-order valence-corrected chi connectivity index (χ0v) is 15.0. The first-order valence-electron chi connectivity index (χ1n) is 6.82. The fraction of sp³-hybridized carbons (Fsp3) is 0.438. The second-order valence-corrected chi connectivity index (χ2v) is 6.83. The van der Waals surface area contributed by atoms with Crippen LogP contribution in [0.3, 0.4) is 0 Å². The summed E-state index contributed by atoms with van der Waals surface area (Å²) in [5, 5.41) is 24.7. The molecule has 1 heterocycles. The Morgan fingerprint density at radius 3 is 2.13 bits per heavy atom. The third kappa shape index (κ3) is 5.80. The largest absolute Gasteiger partial charge is 0.457 e. The first-order valence-corrected chi connectivity index (χ1v) is 7.61. The number of benzene rings is 1. The molecule has 120 valence electrons. The lowest BCUT2D eigenvalue weighted by atomic mass is 10.1. The molecule has 0 aromatic heterocycles. The highest BCUT2D eigenvalue weighted by atomic mass is 79.9. The Balaban J connectivity index is 0.000000230.